The average molecular weight is 640 g/mol. The molecule has 2 aromatic carbocycles. The first-order valence-corrected chi connectivity index (χ1v) is 14.6. The van der Waals surface area contributed by atoms with Gasteiger partial charge in [-0.1, -0.05) is 52.9 Å². The minimum Gasteiger partial charge on any atom is -0.490 e. The van der Waals surface area contributed by atoms with Crippen LogP contribution in [0, 0.1) is 6.92 Å². The lowest BCUT2D eigenvalue weighted by Gasteiger charge is -2.23. The van der Waals surface area contributed by atoms with E-state index in [9.17, 15) is 14.4 Å². The number of aryl methyl sites for hydroxylation is 1. The molecule has 1 amide bonds. The largest absolute Gasteiger partial charge is 0.490 e. The van der Waals surface area contributed by atoms with Crippen molar-refractivity contribution in [3.05, 3.63) is 91.2 Å². The lowest BCUT2D eigenvalue weighted by atomic mass is 9.98. The van der Waals surface area contributed by atoms with Gasteiger partial charge in [0.15, 0.2) is 22.1 Å². The maximum Gasteiger partial charge on any atom is 0.350 e. The lowest BCUT2D eigenvalue weighted by Crippen LogP contribution is -2.29. The molecule has 1 atom stereocenters. The minimum absolute atomic E-state index is 0.0371. The van der Waals surface area contributed by atoms with Crippen LogP contribution in [0.2, 0.25) is 0 Å². The molecule has 5 rings (SSSR count). The number of nitrogens with zero attached hydrogens (tertiary/aromatic N) is 2. The van der Waals surface area contributed by atoms with E-state index in [1.807, 2.05) is 13.8 Å². The van der Waals surface area contributed by atoms with Crippen molar-refractivity contribution in [2.45, 2.75) is 33.2 Å². The molecular weight excluding hydrogens is 612 g/mol. The zero-order valence-corrected chi connectivity index (χ0v) is 25.1. The number of halogens is 1. The minimum atomic E-state index is -0.904. The highest BCUT2D eigenvalue weighted by atomic mass is 79.9. The number of benzene rings is 2. The lowest BCUT2D eigenvalue weighted by molar-refractivity contribution is 0.0554. The van der Waals surface area contributed by atoms with E-state index in [2.05, 4.69) is 27.5 Å². The smallest absolute Gasteiger partial charge is 0.350 e. The van der Waals surface area contributed by atoms with Gasteiger partial charge < -0.3 is 18.6 Å². The maximum atomic E-state index is 14.0. The number of esters is 1. The Morgan fingerprint density at radius 3 is 2.71 bits per heavy atom. The number of aromatic nitrogens is 1. The molecule has 0 radical (unpaired) electrons. The molecule has 2 aromatic heterocycles. The molecule has 11 heteroatoms. The molecule has 3 heterocycles. The summed E-state index contributed by atoms with van der Waals surface area (Å²) in [4.78, 5) is 46.8. The van der Waals surface area contributed by atoms with Crippen LogP contribution in [0.15, 0.2) is 62.7 Å². The van der Waals surface area contributed by atoms with Crippen molar-refractivity contribution >= 4 is 55.2 Å². The van der Waals surface area contributed by atoms with Crippen LogP contribution in [-0.2, 0) is 4.74 Å². The summed E-state index contributed by atoms with van der Waals surface area (Å²) in [6.45, 7) is 10.0. The van der Waals surface area contributed by atoms with Crippen molar-refractivity contribution in [1.29, 1.82) is 0 Å². The Labute approximate surface area is 248 Å². The molecule has 0 saturated carbocycles. The van der Waals surface area contributed by atoms with Crippen LogP contribution in [0.3, 0.4) is 0 Å². The van der Waals surface area contributed by atoms with Gasteiger partial charge in [-0.25, -0.2) is 9.78 Å². The highest BCUT2D eigenvalue weighted by molar-refractivity contribution is 9.10. The van der Waals surface area contributed by atoms with Gasteiger partial charge in [0.2, 0.25) is 5.76 Å². The highest BCUT2D eigenvalue weighted by Crippen LogP contribution is 2.45. The third-order valence-electron chi connectivity index (χ3n) is 6.39. The van der Waals surface area contributed by atoms with Crippen molar-refractivity contribution < 1.29 is 28.2 Å². The molecule has 0 spiro atoms. The number of carbonyl (C=O) groups excluding carboxylic acids is 2. The summed E-state index contributed by atoms with van der Waals surface area (Å²) in [6.07, 6.45) is 2.28. The quantitative estimate of drug-likeness (QED) is 0.141. The van der Waals surface area contributed by atoms with E-state index in [4.69, 9.17) is 18.6 Å². The van der Waals surface area contributed by atoms with Crippen LogP contribution >= 0.6 is 27.3 Å². The third kappa shape index (κ3) is 5.27. The maximum absolute atomic E-state index is 14.0. The molecule has 9 nitrogen and oxygen atoms in total. The molecular formula is C30H27BrN2O7S. The molecule has 0 N–H and O–H groups in total. The van der Waals surface area contributed by atoms with E-state index < -0.39 is 17.9 Å². The number of amides is 1. The average Bonchev–Trinajstić information content (AvgIpc) is 3.48. The standard InChI is InChI=1S/C30H27BrN2O7S/c1-5-12-38-21-10-8-17(14-22(21)37-7-3)24-23-25(34)19-15-18(31)9-11-20(19)40-26(23)28(35)33(24)30-32-16(4)27(41-30)29(36)39-13-6-2/h6,8-11,14-15,24H,2,5,7,12-13H2,1,3-4H3. The predicted octanol–water partition coefficient (Wildman–Crippen LogP) is 6.60. The summed E-state index contributed by atoms with van der Waals surface area (Å²) >= 11 is 4.43. The first-order chi connectivity index (χ1) is 19.8. The first kappa shape index (κ1) is 28.6. The topological polar surface area (TPSA) is 108 Å². The summed E-state index contributed by atoms with van der Waals surface area (Å²) in [5.74, 6) is -0.164. The van der Waals surface area contributed by atoms with Gasteiger partial charge in [-0.3, -0.25) is 14.5 Å². The second-order valence-electron chi connectivity index (χ2n) is 9.18. The normalized spacial score (nSPS) is 14.3. The molecule has 1 aliphatic heterocycles. The summed E-state index contributed by atoms with van der Waals surface area (Å²) in [5.41, 5.74) is 1.11. The number of hydrogen-bond acceptors (Lipinski definition) is 9. The molecule has 0 fully saturated rings. The number of ether oxygens (including phenoxy) is 3. The highest BCUT2D eigenvalue weighted by Gasteiger charge is 2.45. The van der Waals surface area contributed by atoms with Crippen LogP contribution in [0.25, 0.3) is 11.0 Å². The fraction of sp³-hybridized carbons (Fsp3) is 0.267. The number of hydrogen-bond donors (Lipinski definition) is 0. The second-order valence-corrected chi connectivity index (χ2v) is 11.1. The number of anilines is 1. The van der Waals surface area contributed by atoms with E-state index >= 15 is 0 Å². The van der Waals surface area contributed by atoms with Gasteiger partial charge in [-0.05, 0) is 56.2 Å². The molecule has 0 aliphatic carbocycles. The van der Waals surface area contributed by atoms with E-state index in [-0.39, 0.29) is 39.0 Å². The van der Waals surface area contributed by atoms with Gasteiger partial charge in [-0.2, -0.15) is 0 Å². The number of thiazole rings is 1. The Balaban J connectivity index is 1.72. The molecule has 41 heavy (non-hydrogen) atoms. The van der Waals surface area contributed by atoms with Gasteiger partial charge in [0.1, 0.15) is 17.1 Å². The summed E-state index contributed by atoms with van der Waals surface area (Å²) in [6, 6.07) is 9.46. The van der Waals surface area contributed by atoms with Crippen LogP contribution in [-0.4, -0.2) is 36.7 Å². The van der Waals surface area contributed by atoms with Crippen molar-refractivity contribution in [3.63, 3.8) is 0 Å². The third-order valence-corrected chi connectivity index (χ3v) is 8.02. The SMILES string of the molecule is C=CCOC(=O)c1sc(N2C(=O)c3oc4ccc(Br)cc4c(=O)c3C2c2ccc(OCCC)c(OCC)c2)nc1C. The Morgan fingerprint density at radius 2 is 1.98 bits per heavy atom. The zero-order valence-electron chi connectivity index (χ0n) is 22.7. The summed E-state index contributed by atoms with van der Waals surface area (Å²) < 4.78 is 23.7. The Morgan fingerprint density at radius 1 is 1.17 bits per heavy atom. The van der Waals surface area contributed by atoms with Crippen molar-refractivity contribution in [2.75, 3.05) is 24.7 Å². The number of rotatable bonds is 10. The van der Waals surface area contributed by atoms with Gasteiger partial charge >= 0.3 is 5.97 Å². The van der Waals surface area contributed by atoms with E-state index in [1.54, 1.807) is 43.3 Å². The van der Waals surface area contributed by atoms with Crippen LogP contribution in [0.4, 0.5) is 5.13 Å². The van der Waals surface area contributed by atoms with Crippen molar-refractivity contribution in [1.82, 2.24) is 4.98 Å². The number of fused-ring (bicyclic) bond motifs is 2. The Kier molecular flexibility index (Phi) is 8.27. The van der Waals surface area contributed by atoms with Crippen molar-refractivity contribution in [2.24, 2.45) is 0 Å². The van der Waals surface area contributed by atoms with Crippen LogP contribution in [0.5, 0.6) is 11.5 Å². The molecule has 1 unspecified atom stereocenters. The zero-order chi connectivity index (χ0) is 29.3. The Bertz CT molecular complexity index is 1730. The molecule has 1 aliphatic rings. The van der Waals surface area contributed by atoms with E-state index in [1.165, 1.54) is 11.0 Å². The van der Waals surface area contributed by atoms with Crippen LogP contribution < -0.4 is 19.8 Å². The molecule has 0 saturated heterocycles. The monoisotopic (exact) mass is 638 g/mol. The van der Waals surface area contributed by atoms with Gasteiger partial charge in [-0.15, -0.1) is 0 Å². The Hall–Kier alpha value is -3.96. The second kappa shape index (κ2) is 11.9. The van der Waals surface area contributed by atoms with Gasteiger partial charge in [0.05, 0.1) is 35.9 Å². The molecule has 212 valence electrons. The summed E-state index contributed by atoms with van der Waals surface area (Å²) in [5, 5.41) is 0.554. The van der Waals surface area contributed by atoms with E-state index in [0.717, 1.165) is 17.8 Å². The summed E-state index contributed by atoms with van der Waals surface area (Å²) in [7, 11) is 0. The first-order valence-electron chi connectivity index (χ1n) is 13.0. The van der Waals surface area contributed by atoms with E-state index in [0.29, 0.717) is 45.8 Å². The fourth-order valence-electron chi connectivity index (χ4n) is 4.63. The number of carbonyl (C=O) groups is 2. The van der Waals surface area contributed by atoms with Gasteiger partial charge in [0, 0.05) is 4.47 Å². The van der Waals surface area contributed by atoms with Crippen molar-refractivity contribution in [3.8, 4) is 11.5 Å². The fourth-order valence-corrected chi connectivity index (χ4v) is 5.98. The van der Waals surface area contributed by atoms with Gasteiger partial charge in [0.25, 0.3) is 5.91 Å². The molecule has 0 bridgehead atoms. The molecule has 4 aromatic rings. The predicted molar refractivity (Wildman–Crippen MR) is 160 cm³/mol. The van der Waals surface area contributed by atoms with Crippen LogP contribution in [0.1, 0.15) is 63.4 Å².